The second-order valence-corrected chi connectivity index (χ2v) is 8.37. The molecule has 0 aliphatic carbocycles. The first-order valence-corrected chi connectivity index (χ1v) is 10.7. The maximum Gasteiger partial charge on any atom is 0.344 e. The van der Waals surface area contributed by atoms with Gasteiger partial charge in [0.15, 0.2) is 19.0 Å². The number of ether oxygens (including phenoxy) is 2. The minimum atomic E-state index is -3.36. The third-order valence-electron chi connectivity index (χ3n) is 4.34. The third kappa shape index (κ3) is 4.89. The van der Waals surface area contributed by atoms with Gasteiger partial charge in [-0.3, -0.25) is 9.10 Å². The lowest BCUT2D eigenvalue weighted by molar-refractivity contribution is -0.144. The number of nitrogens with zero attached hydrogens (tertiary/aromatic N) is 1. The number of fused-ring (bicyclic) bond motifs is 1. The van der Waals surface area contributed by atoms with Gasteiger partial charge in [-0.2, -0.15) is 0 Å². The molecular formula is C20H21NO6S. The molecule has 0 atom stereocenters. The highest BCUT2D eigenvalue weighted by Gasteiger charge is 2.24. The van der Waals surface area contributed by atoms with Crippen molar-refractivity contribution in [3.8, 4) is 5.75 Å². The molecule has 2 aromatic rings. The van der Waals surface area contributed by atoms with E-state index in [-0.39, 0.29) is 12.4 Å². The molecule has 0 amide bonds. The van der Waals surface area contributed by atoms with Gasteiger partial charge in [0.25, 0.3) is 0 Å². The van der Waals surface area contributed by atoms with E-state index in [0.29, 0.717) is 36.4 Å². The molecule has 2 aromatic carbocycles. The number of ketones is 1. The highest BCUT2D eigenvalue weighted by Crippen LogP contribution is 2.30. The summed E-state index contributed by atoms with van der Waals surface area (Å²) < 4.78 is 35.4. The molecular weight excluding hydrogens is 382 g/mol. The molecule has 0 aromatic heterocycles. The molecule has 7 nitrogen and oxygen atoms in total. The Morgan fingerprint density at radius 3 is 2.54 bits per heavy atom. The average molecular weight is 403 g/mol. The fraction of sp³-hybridized carbons (Fsp3) is 0.300. The number of carbonyl (C=O) groups excluding carboxylic acids is 2. The summed E-state index contributed by atoms with van der Waals surface area (Å²) in [6.07, 6.45) is 2.54. The van der Waals surface area contributed by atoms with Crippen molar-refractivity contribution in [3.63, 3.8) is 0 Å². The highest BCUT2D eigenvalue weighted by molar-refractivity contribution is 7.92. The standard InChI is InChI=1S/C20H21NO6S/c1-28(24,25)21-11-5-6-15-12-16(9-10-18(15)21)19(22)13-27-20(23)14-26-17-7-3-2-4-8-17/h2-4,7-10,12H,5-6,11,13-14H2,1H3. The van der Waals surface area contributed by atoms with Crippen LogP contribution in [0.3, 0.4) is 0 Å². The number of anilines is 1. The van der Waals surface area contributed by atoms with Gasteiger partial charge in [0.2, 0.25) is 10.0 Å². The van der Waals surface area contributed by atoms with Crippen LogP contribution >= 0.6 is 0 Å². The predicted molar refractivity (Wildman–Crippen MR) is 104 cm³/mol. The molecule has 1 aliphatic heterocycles. The molecule has 0 unspecified atom stereocenters. The Labute approximate surface area is 163 Å². The average Bonchev–Trinajstić information content (AvgIpc) is 2.69. The van der Waals surface area contributed by atoms with E-state index in [2.05, 4.69) is 0 Å². The maximum atomic E-state index is 12.3. The predicted octanol–water partition coefficient (Wildman–Crippen LogP) is 2.20. The Kier molecular flexibility index (Phi) is 5.99. The minimum Gasteiger partial charge on any atom is -0.482 e. The van der Waals surface area contributed by atoms with E-state index < -0.39 is 22.6 Å². The van der Waals surface area contributed by atoms with Crippen molar-refractivity contribution in [2.45, 2.75) is 12.8 Å². The summed E-state index contributed by atoms with van der Waals surface area (Å²) in [6, 6.07) is 13.7. The third-order valence-corrected chi connectivity index (χ3v) is 5.52. The van der Waals surface area contributed by atoms with Crippen LogP contribution in [0.4, 0.5) is 5.69 Å². The summed E-state index contributed by atoms with van der Waals surface area (Å²) in [4.78, 5) is 24.1. The largest absolute Gasteiger partial charge is 0.482 e. The Hall–Kier alpha value is -2.87. The van der Waals surface area contributed by atoms with Gasteiger partial charge >= 0.3 is 5.97 Å². The molecule has 28 heavy (non-hydrogen) atoms. The first-order chi connectivity index (χ1) is 13.3. The highest BCUT2D eigenvalue weighted by atomic mass is 32.2. The molecule has 1 aliphatic rings. The number of esters is 1. The number of rotatable bonds is 7. The van der Waals surface area contributed by atoms with E-state index in [1.165, 1.54) is 4.31 Å². The number of benzene rings is 2. The SMILES string of the molecule is CS(=O)(=O)N1CCCc2cc(C(=O)COC(=O)COc3ccccc3)ccc21. The second-order valence-electron chi connectivity index (χ2n) is 6.47. The number of Topliss-reactive ketones (excluding diaryl/α,β-unsaturated/α-hetero) is 1. The monoisotopic (exact) mass is 403 g/mol. The summed E-state index contributed by atoms with van der Waals surface area (Å²) in [7, 11) is -3.36. The van der Waals surface area contributed by atoms with E-state index in [4.69, 9.17) is 9.47 Å². The number of carbonyl (C=O) groups is 2. The van der Waals surface area contributed by atoms with Gasteiger partial charge in [-0.25, -0.2) is 13.2 Å². The Balaban J connectivity index is 1.58. The van der Waals surface area contributed by atoms with Crippen LogP contribution in [0.2, 0.25) is 0 Å². The van der Waals surface area contributed by atoms with Crippen LogP contribution < -0.4 is 9.04 Å². The van der Waals surface area contributed by atoms with Gasteiger partial charge < -0.3 is 9.47 Å². The quantitative estimate of drug-likeness (QED) is 0.520. The van der Waals surface area contributed by atoms with Crippen molar-refractivity contribution in [3.05, 3.63) is 59.7 Å². The number of sulfonamides is 1. The topological polar surface area (TPSA) is 90.0 Å². The van der Waals surface area contributed by atoms with Crippen molar-refractivity contribution < 1.29 is 27.5 Å². The molecule has 0 radical (unpaired) electrons. The molecule has 1 heterocycles. The Morgan fingerprint density at radius 2 is 1.82 bits per heavy atom. The van der Waals surface area contributed by atoms with Crippen LogP contribution in [0.15, 0.2) is 48.5 Å². The molecule has 8 heteroatoms. The summed E-state index contributed by atoms with van der Waals surface area (Å²) in [5.74, 6) is -0.457. The van der Waals surface area contributed by atoms with Gasteiger partial charge in [0.05, 0.1) is 11.9 Å². The maximum absolute atomic E-state index is 12.3. The smallest absolute Gasteiger partial charge is 0.344 e. The molecule has 3 rings (SSSR count). The zero-order valence-corrected chi connectivity index (χ0v) is 16.3. The van der Waals surface area contributed by atoms with Crippen molar-refractivity contribution in [1.82, 2.24) is 0 Å². The van der Waals surface area contributed by atoms with Gasteiger partial charge in [0, 0.05) is 12.1 Å². The van der Waals surface area contributed by atoms with E-state index in [1.54, 1.807) is 42.5 Å². The fourth-order valence-corrected chi connectivity index (χ4v) is 4.01. The van der Waals surface area contributed by atoms with Crippen LogP contribution in [-0.2, 0) is 26.0 Å². The van der Waals surface area contributed by atoms with E-state index in [9.17, 15) is 18.0 Å². The summed E-state index contributed by atoms with van der Waals surface area (Å²) >= 11 is 0. The van der Waals surface area contributed by atoms with Gasteiger partial charge in [0.1, 0.15) is 5.75 Å². The molecule has 0 fully saturated rings. The Bertz CT molecular complexity index is 971. The van der Waals surface area contributed by atoms with E-state index in [0.717, 1.165) is 11.8 Å². The Morgan fingerprint density at radius 1 is 1.07 bits per heavy atom. The normalized spacial score (nSPS) is 13.5. The first kappa shape index (κ1) is 19.9. The van der Waals surface area contributed by atoms with Crippen LogP contribution in [0.25, 0.3) is 0 Å². The van der Waals surface area contributed by atoms with E-state index >= 15 is 0 Å². The lowest BCUT2D eigenvalue weighted by Gasteiger charge is -2.29. The van der Waals surface area contributed by atoms with E-state index in [1.807, 2.05) is 6.07 Å². The van der Waals surface area contributed by atoms with Crippen LogP contribution in [0.1, 0.15) is 22.3 Å². The van der Waals surface area contributed by atoms with Gasteiger partial charge in [-0.15, -0.1) is 0 Å². The lowest BCUT2D eigenvalue weighted by atomic mass is 9.99. The number of hydrogen-bond acceptors (Lipinski definition) is 6. The molecule has 0 bridgehead atoms. The van der Waals surface area contributed by atoms with Crippen molar-refractivity contribution in [2.24, 2.45) is 0 Å². The van der Waals surface area contributed by atoms with Crippen molar-refractivity contribution in [2.75, 3.05) is 30.3 Å². The van der Waals surface area contributed by atoms with Gasteiger partial charge in [-0.05, 0) is 48.7 Å². The molecule has 0 saturated heterocycles. The summed E-state index contributed by atoms with van der Waals surface area (Å²) in [6.45, 7) is -0.255. The molecule has 148 valence electrons. The minimum absolute atomic E-state index is 0.287. The zero-order valence-electron chi connectivity index (χ0n) is 15.5. The summed E-state index contributed by atoms with van der Waals surface area (Å²) in [5.41, 5.74) is 1.77. The summed E-state index contributed by atoms with van der Waals surface area (Å²) in [5, 5.41) is 0. The molecule has 0 saturated carbocycles. The van der Waals surface area contributed by atoms with Crippen LogP contribution in [0, 0.1) is 0 Å². The lowest BCUT2D eigenvalue weighted by Crippen LogP contribution is -2.34. The number of para-hydroxylation sites is 1. The zero-order chi connectivity index (χ0) is 20.1. The molecule has 0 N–H and O–H groups in total. The molecule has 0 spiro atoms. The van der Waals surface area contributed by atoms with Crippen LogP contribution in [0.5, 0.6) is 5.75 Å². The van der Waals surface area contributed by atoms with Crippen molar-refractivity contribution >= 4 is 27.5 Å². The first-order valence-electron chi connectivity index (χ1n) is 8.82. The number of aryl methyl sites for hydroxylation is 1. The van der Waals surface area contributed by atoms with Crippen LogP contribution in [-0.4, -0.2) is 46.2 Å². The van der Waals surface area contributed by atoms with Gasteiger partial charge in [-0.1, -0.05) is 18.2 Å². The van der Waals surface area contributed by atoms with Crippen molar-refractivity contribution in [1.29, 1.82) is 0 Å². The second kappa shape index (κ2) is 8.43. The number of hydrogen-bond donors (Lipinski definition) is 0. The fourth-order valence-electron chi connectivity index (χ4n) is 3.01.